The molecule has 2 aromatic rings. The van der Waals surface area contributed by atoms with Gasteiger partial charge in [-0.05, 0) is 80.1 Å². The van der Waals surface area contributed by atoms with Crippen molar-refractivity contribution in [1.82, 2.24) is 4.90 Å². The fourth-order valence-electron chi connectivity index (χ4n) is 4.30. The van der Waals surface area contributed by atoms with Crippen LogP contribution in [0.25, 0.3) is 0 Å². The van der Waals surface area contributed by atoms with Crippen LogP contribution in [0.3, 0.4) is 0 Å². The van der Waals surface area contributed by atoms with Gasteiger partial charge >= 0.3 is 5.97 Å². The van der Waals surface area contributed by atoms with Crippen LogP contribution in [0.4, 0.5) is 0 Å². The first kappa shape index (κ1) is 27.5. The van der Waals surface area contributed by atoms with Crippen LogP contribution >= 0.6 is 0 Å². The number of aliphatic hydroxyl groups is 2. The van der Waals surface area contributed by atoms with E-state index in [4.69, 9.17) is 4.74 Å². The highest BCUT2D eigenvalue weighted by Gasteiger charge is 2.36. The van der Waals surface area contributed by atoms with Crippen LogP contribution in [0.5, 0.6) is 0 Å². The number of ether oxygens (including phenoxy) is 1. The first-order valence-electron chi connectivity index (χ1n) is 12.0. The molecule has 0 saturated carbocycles. The topological polar surface area (TPSA) is 93.8 Å². The molecule has 6 nitrogen and oxygen atoms in total. The average Bonchev–Trinajstić information content (AvgIpc) is 2.85. The summed E-state index contributed by atoms with van der Waals surface area (Å²) >= 11 is 0. The Bertz CT molecular complexity index is 965. The van der Waals surface area contributed by atoms with Gasteiger partial charge in [0, 0.05) is 6.54 Å². The van der Waals surface area contributed by atoms with Crippen molar-refractivity contribution in [3.63, 3.8) is 0 Å². The van der Waals surface area contributed by atoms with Crippen LogP contribution in [0.15, 0.2) is 42.5 Å². The Hall–Kier alpha value is -2.72. The lowest BCUT2D eigenvalue weighted by atomic mass is 9.69. The van der Waals surface area contributed by atoms with Gasteiger partial charge in [-0.1, -0.05) is 44.2 Å². The molecule has 0 aliphatic heterocycles. The van der Waals surface area contributed by atoms with Gasteiger partial charge in [0.2, 0.25) is 0 Å². The fraction of sp³-hybridized carbons (Fsp3) is 0.500. The molecule has 2 rings (SSSR count). The zero-order chi connectivity index (χ0) is 25.1. The quantitative estimate of drug-likeness (QED) is 0.429. The van der Waals surface area contributed by atoms with Crippen molar-refractivity contribution in [2.24, 2.45) is 5.92 Å². The van der Waals surface area contributed by atoms with Crippen molar-refractivity contribution in [3.05, 3.63) is 70.3 Å². The number of nitriles is 1. The van der Waals surface area contributed by atoms with E-state index in [9.17, 15) is 20.3 Å². The molecule has 0 radical (unpaired) electrons. The number of aliphatic hydroxyl groups excluding tert-OH is 2. The van der Waals surface area contributed by atoms with E-state index in [0.29, 0.717) is 29.7 Å². The third-order valence-corrected chi connectivity index (χ3v) is 6.61. The number of esters is 1. The maximum Gasteiger partial charge on any atom is 0.338 e. The third kappa shape index (κ3) is 6.89. The molecule has 2 N–H and O–H groups in total. The largest absolute Gasteiger partial charge is 0.462 e. The number of carbonyl (C=O) groups excluding carboxylic acids is 1. The van der Waals surface area contributed by atoms with Gasteiger partial charge in [0.15, 0.2) is 0 Å². The third-order valence-electron chi connectivity index (χ3n) is 6.61. The molecule has 6 heteroatoms. The average molecular weight is 467 g/mol. The van der Waals surface area contributed by atoms with Gasteiger partial charge in [0.1, 0.15) is 0 Å². The Morgan fingerprint density at radius 1 is 1.09 bits per heavy atom. The van der Waals surface area contributed by atoms with Gasteiger partial charge in [-0.25, -0.2) is 4.79 Å². The second-order valence-electron chi connectivity index (χ2n) is 9.11. The molecule has 0 heterocycles. The Balaban J connectivity index is 1.97. The number of hydrogen-bond donors (Lipinski definition) is 2. The first-order chi connectivity index (χ1) is 16.3. The highest BCUT2D eigenvalue weighted by atomic mass is 16.5. The van der Waals surface area contributed by atoms with Gasteiger partial charge in [0.25, 0.3) is 0 Å². The smallest absolute Gasteiger partial charge is 0.338 e. The van der Waals surface area contributed by atoms with Crippen molar-refractivity contribution in [2.75, 3.05) is 26.7 Å². The van der Waals surface area contributed by atoms with Crippen LogP contribution in [-0.2, 0) is 29.8 Å². The van der Waals surface area contributed by atoms with Crippen molar-refractivity contribution in [3.8, 4) is 6.07 Å². The summed E-state index contributed by atoms with van der Waals surface area (Å²) in [6.07, 6.45) is 2.44. The summed E-state index contributed by atoms with van der Waals surface area (Å²) in [5.41, 5.74) is 3.34. The lowest BCUT2D eigenvalue weighted by Crippen LogP contribution is -2.33. The second-order valence-corrected chi connectivity index (χ2v) is 9.11. The SMILES string of the molecule is CCOC(=O)c1ccc(CCN(C)CCCC(C#N)(c2ccc(CO)c(CO)c2)C(C)C)cc1. The molecule has 1 atom stereocenters. The number of carbonyl (C=O) groups is 1. The van der Waals surface area contributed by atoms with Gasteiger partial charge in [-0.2, -0.15) is 5.26 Å². The molecule has 184 valence electrons. The summed E-state index contributed by atoms with van der Waals surface area (Å²) < 4.78 is 5.03. The zero-order valence-corrected chi connectivity index (χ0v) is 20.9. The number of rotatable bonds is 13. The summed E-state index contributed by atoms with van der Waals surface area (Å²) in [5, 5.41) is 29.4. The number of likely N-dealkylation sites (N-methyl/N-ethyl adjacent to an activating group) is 1. The highest BCUT2D eigenvalue weighted by molar-refractivity contribution is 5.89. The van der Waals surface area contributed by atoms with E-state index in [1.54, 1.807) is 19.1 Å². The number of hydrogen-bond acceptors (Lipinski definition) is 6. The van der Waals surface area contributed by atoms with E-state index in [-0.39, 0.29) is 25.1 Å². The molecule has 0 saturated heterocycles. The minimum Gasteiger partial charge on any atom is -0.462 e. The summed E-state index contributed by atoms with van der Waals surface area (Å²) in [7, 11) is 2.08. The molecule has 2 aromatic carbocycles. The van der Waals surface area contributed by atoms with E-state index < -0.39 is 5.41 Å². The summed E-state index contributed by atoms with van der Waals surface area (Å²) in [6.45, 7) is 7.73. The molecular weight excluding hydrogens is 428 g/mol. The highest BCUT2D eigenvalue weighted by Crippen LogP contribution is 2.37. The Morgan fingerprint density at radius 3 is 2.32 bits per heavy atom. The van der Waals surface area contributed by atoms with Gasteiger partial charge in [-0.15, -0.1) is 0 Å². The molecule has 0 aliphatic rings. The molecule has 0 aromatic heterocycles. The van der Waals surface area contributed by atoms with Crippen molar-refractivity contribution >= 4 is 5.97 Å². The summed E-state index contributed by atoms with van der Waals surface area (Å²) in [5.74, 6) is -0.193. The van der Waals surface area contributed by atoms with Crippen LogP contribution in [0.2, 0.25) is 0 Å². The lowest BCUT2D eigenvalue weighted by molar-refractivity contribution is 0.0526. The fourth-order valence-corrected chi connectivity index (χ4v) is 4.30. The zero-order valence-electron chi connectivity index (χ0n) is 20.9. The minimum atomic E-state index is -0.651. The number of nitrogens with zero attached hydrogens (tertiary/aromatic N) is 2. The maximum absolute atomic E-state index is 11.8. The molecule has 0 amide bonds. The van der Waals surface area contributed by atoms with E-state index in [2.05, 4.69) is 31.9 Å². The molecule has 34 heavy (non-hydrogen) atoms. The van der Waals surface area contributed by atoms with Crippen molar-refractivity contribution in [1.29, 1.82) is 5.26 Å². The molecular formula is C28H38N2O4. The molecule has 0 bridgehead atoms. The minimum absolute atomic E-state index is 0.104. The standard InChI is InChI=1S/C28H38N2O4/c1-5-34-27(33)23-9-7-22(8-10-23)13-16-30(4)15-6-14-28(20-29,21(2)3)26-12-11-24(18-31)25(17-26)19-32/h7-12,17,21,31-32H,5-6,13-16,18-19H2,1-4H3. The van der Waals surface area contributed by atoms with Gasteiger partial charge in [-0.3, -0.25) is 0 Å². The molecule has 1 unspecified atom stereocenters. The van der Waals surface area contributed by atoms with Crippen LogP contribution < -0.4 is 0 Å². The molecule has 0 aliphatic carbocycles. The van der Waals surface area contributed by atoms with E-state index >= 15 is 0 Å². The predicted octanol–water partition coefficient (Wildman–Crippen LogP) is 4.22. The maximum atomic E-state index is 11.8. The van der Waals surface area contributed by atoms with Crippen molar-refractivity contribution < 1.29 is 19.7 Å². The monoisotopic (exact) mass is 466 g/mol. The molecule has 0 spiro atoms. The first-order valence-corrected chi connectivity index (χ1v) is 12.0. The molecule has 0 fully saturated rings. The Kier molecular flexibility index (Phi) is 10.7. The van der Waals surface area contributed by atoms with E-state index in [0.717, 1.165) is 37.1 Å². The summed E-state index contributed by atoms with van der Waals surface area (Å²) in [6, 6.07) is 15.7. The van der Waals surface area contributed by atoms with E-state index in [1.807, 2.05) is 30.3 Å². The van der Waals surface area contributed by atoms with Crippen LogP contribution in [0, 0.1) is 17.2 Å². The Labute approximate surface area is 203 Å². The number of benzene rings is 2. The van der Waals surface area contributed by atoms with Gasteiger partial charge in [0.05, 0.1) is 36.9 Å². The van der Waals surface area contributed by atoms with Crippen LogP contribution in [-0.4, -0.2) is 47.8 Å². The second kappa shape index (κ2) is 13.2. The normalized spacial score (nSPS) is 13.0. The van der Waals surface area contributed by atoms with Crippen LogP contribution in [0.1, 0.15) is 66.2 Å². The van der Waals surface area contributed by atoms with E-state index in [1.165, 1.54) is 0 Å². The Morgan fingerprint density at radius 2 is 1.76 bits per heavy atom. The lowest BCUT2D eigenvalue weighted by Gasteiger charge is -2.32. The summed E-state index contributed by atoms with van der Waals surface area (Å²) in [4.78, 5) is 14.0. The van der Waals surface area contributed by atoms with Gasteiger partial charge < -0.3 is 19.8 Å². The van der Waals surface area contributed by atoms with Crippen molar-refractivity contribution in [2.45, 2.75) is 58.7 Å². The predicted molar refractivity (Wildman–Crippen MR) is 133 cm³/mol.